The molecule has 4 rings (SSSR count). The van der Waals surface area contributed by atoms with Crippen molar-refractivity contribution >= 4 is 17.1 Å². The van der Waals surface area contributed by atoms with Crippen LogP contribution >= 0.6 is 0 Å². The zero-order valence-corrected chi connectivity index (χ0v) is 23.3. The van der Waals surface area contributed by atoms with Crippen LogP contribution in [0.3, 0.4) is 0 Å². The zero-order chi connectivity index (χ0) is 26.4. The van der Waals surface area contributed by atoms with Crippen molar-refractivity contribution in [1.82, 2.24) is 0 Å². The van der Waals surface area contributed by atoms with Crippen LogP contribution < -0.4 is 14.7 Å². The lowest BCUT2D eigenvalue weighted by Crippen LogP contribution is -2.21. The molecular weight excluding hydrogens is 450 g/mol. The Morgan fingerprint density at radius 2 is 0.676 bits per heavy atom. The van der Waals surface area contributed by atoms with Crippen LogP contribution in [0.1, 0.15) is 27.7 Å². The maximum atomic E-state index is 2.38. The lowest BCUT2D eigenvalue weighted by atomic mass is 9.93. The molecule has 192 valence electrons. The monoisotopic (exact) mass is 491 g/mol. The summed E-state index contributed by atoms with van der Waals surface area (Å²) in [5, 5.41) is 0. The Bertz CT molecular complexity index is 1200. The predicted octanol–water partition coefficient (Wildman–Crippen LogP) is 8.45. The molecule has 0 heterocycles. The third-order valence-corrected chi connectivity index (χ3v) is 7.49. The minimum absolute atomic E-state index is 0.992. The molecule has 0 aliphatic carbocycles. The quantitative estimate of drug-likeness (QED) is 0.220. The van der Waals surface area contributed by atoms with Gasteiger partial charge in [0.1, 0.15) is 0 Å². The fourth-order valence-corrected chi connectivity index (χ4v) is 4.76. The van der Waals surface area contributed by atoms with Gasteiger partial charge >= 0.3 is 0 Å². The summed E-state index contributed by atoms with van der Waals surface area (Å²) >= 11 is 0. The number of anilines is 3. The van der Waals surface area contributed by atoms with E-state index in [2.05, 4.69) is 147 Å². The normalized spacial score (nSPS) is 10.9. The molecule has 37 heavy (non-hydrogen) atoms. The Hall–Kier alpha value is -3.72. The first-order valence-electron chi connectivity index (χ1n) is 13.6. The molecule has 3 heteroatoms. The minimum Gasteiger partial charge on any atom is -0.375 e. The Balaban J connectivity index is 1.77. The second-order valence-corrected chi connectivity index (χ2v) is 9.64. The molecule has 4 aromatic rings. The molecule has 0 N–H and O–H groups in total. The summed E-state index contributed by atoms with van der Waals surface area (Å²) in [6.45, 7) is 12.8. The molecule has 0 amide bonds. The Morgan fingerprint density at radius 3 is 0.946 bits per heavy atom. The Labute approximate surface area is 224 Å². The molecule has 0 radical (unpaired) electrons. The summed E-state index contributed by atoms with van der Waals surface area (Å²) in [7, 11) is 4.27. The van der Waals surface area contributed by atoms with Gasteiger partial charge in [0, 0.05) is 57.3 Å². The van der Waals surface area contributed by atoms with E-state index in [9.17, 15) is 0 Å². The average Bonchev–Trinajstić information content (AvgIpc) is 2.97. The molecule has 4 aromatic carbocycles. The molecule has 0 spiro atoms. The van der Waals surface area contributed by atoms with Gasteiger partial charge in [-0.3, -0.25) is 0 Å². The van der Waals surface area contributed by atoms with Gasteiger partial charge in [0.05, 0.1) is 0 Å². The van der Waals surface area contributed by atoms with E-state index in [1.165, 1.54) is 50.4 Å². The van der Waals surface area contributed by atoms with Crippen LogP contribution in [0, 0.1) is 0 Å². The summed E-state index contributed by atoms with van der Waals surface area (Å²) in [4.78, 5) is 6.91. The average molecular weight is 492 g/mol. The summed E-state index contributed by atoms with van der Waals surface area (Å²) in [5.74, 6) is 0. The lowest BCUT2D eigenvalue weighted by molar-refractivity contribution is 0.866. The fraction of sp³-hybridized carbons (Fsp3) is 0.294. The Morgan fingerprint density at radius 1 is 0.378 bits per heavy atom. The molecule has 0 aliphatic heterocycles. The first-order chi connectivity index (χ1) is 18.0. The van der Waals surface area contributed by atoms with Crippen molar-refractivity contribution in [2.75, 3.05) is 55.0 Å². The van der Waals surface area contributed by atoms with Gasteiger partial charge in [-0.15, -0.1) is 0 Å². The van der Waals surface area contributed by atoms with Crippen molar-refractivity contribution in [3.05, 3.63) is 91.0 Å². The van der Waals surface area contributed by atoms with Crippen LogP contribution in [0.2, 0.25) is 0 Å². The summed E-state index contributed by atoms with van der Waals surface area (Å²) in [6, 6.07) is 33.9. The summed E-state index contributed by atoms with van der Waals surface area (Å²) in [5.41, 5.74) is 11.2. The van der Waals surface area contributed by atoms with Gasteiger partial charge in [0.25, 0.3) is 0 Å². The van der Waals surface area contributed by atoms with Gasteiger partial charge in [-0.1, -0.05) is 36.4 Å². The van der Waals surface area contributed by atoms with Gasteiger partial charge in [-0.05, 0) is 116 Å². The van der Waals surface area contributed by atoms with Crippen LogP contribution in [0.15, 0.2) is 91.0 Å². The highest BCUT2D eigenvalue weighted by molar-refractivity contribution is 5.82. The molecule has 0 unspecified atom stereocenters. The van der Waals surface area contributed by atoms with E-state index in [4.69, 9.17) is 0 Å². The third-order valence-electron chi connectivity index (χ3n) is 7.49. The standard InChI is InChI=1S/C34H41N3/c1-7-35(5)32-17-11-26(12-18-32)29-23-30(27-13-19-33(20-14-27)36(6)8-2)25-31(24-29)28-15-21-34(22-16-28)37(9-3)10-4/h11-25H,7-10H2,1-6H3. The van der Waals surface area contributed by atoms with E-state index in [0.717, 1.165) is 26.2 Å². The van der Waals surface area contributed by atoms with Crippen LogP contribution in [0.5, 0.6) is 0 Å². The minimum atomic E-state index is 0.992. The van der Waals surface area contributed by atoms with Crippen molar-refractivity contribution in [2.45, 2.75) is 27.7 Å². The largest absolute Gasteiger partial charge is 0.375 e. The first kappa shape index (κ1) is 26.3. The smallest absolute Gasteiger partial charge is 0.0366 e. The van der Waals surface area contributed by atoms with E-state index in [-0.39, 0.29) is 0 Å². The summed E-state index contributed by atoms with van der Waals surface area (Å²) in [6.07, 6.45) is 0. The molecular formula is C34H41N3. The highest BCUT2D eigenvalue weighted by Gasteiger charge is 2.10. The van der Waals surface area contributed by atoms with Crippen molar-refractivity contribution < 1.29 is 0 Å². The van der Waals surface area contributed by atoms with E-state index in [1.807, 2.05) is 0 Å². The molecule has 0 aromatic heterocycles. The number of rotatable bonds is 10. The van der Waals surface area contributed by atoms with Gasteiger partial charge in [-0.2, -0.15) is 0 Å². The van der Waals surface area contributed by atoms with Crippen LogP contribution in [-0.4, -0.2) is 40.3 Å². The maximum absolute atomic E-state index is 2.38. The van der Waals surface area contributed by atoms with Crippen LogP contribution in [-0.2, 0) is 0 Å². The predicted molar refractivity (Wildman–Crippen MR) is 164 cm³/mol. The molecule has 3 nitrogen and oxygen atoms in total. The second kappa shape index (κ2) is 12.0. The van der Waals surface area contributed by atoms with Gasteiger partial charge in [0.2, 0.25) is 0 Å². The van der Waals surface area contributed by atoms with Gasteiger partial charge in [-0.25, -0.2) is 0 Å². The van der Waals surface area contributed by atoms with E-state index < -0.39 is 0 Å². The highest BCUT2D eigenvalue weighted by Crippen LogP contribution is 2.35. The highest BCUT2D eigenvalue weighted by atomic mass is 15.1. The van der Waals surface area contributed by atoms with E-state index in [0.29, 0.717) is 0 Å². The molecule has 0 bridgehead atoms. The lowest BCUT2D eigenvalue weighted by Gasteiger charge is -2.21. The number of hydrogen-bond acceptors (Lipinski definition) is 3. The van der Waals surface area contributed by atoms with Gasteiger partial charge in [0.15, 0.2) is 0 Å². The molecule has 0 atom stereocenters. The van der Waals surface area contributed by atoms with Crippen molar-refractivity contribution in [2.24, 2.45) is 0 Å². The molecule has 0 fully saturated rings. The first-order valence-corrected chi connectivity index (χ1v) is 13.6. The van der Waals surface area contributed by atoms with Gasteiger partial charge < -0.3 is 14.7 Å². The van der Waals surface area contributed by atoms with E-state index >= 15 is 0 Å². The van der Waals surface area contributed by atoms with Crippen LogP contribution in [0.4, 0.5) is 17.1 Å². The Kier molecular flexibility index (Phi) is 8.55. The molecule has 0 saturated carbocycles. The van der Waals surface area contributed by atoms with Crippen molar-refractivity contribution in [3.8, 4) is 33.4 Å². The van der Waals surface area contributed by atoms with Crippen molar-refractivity contribution in [3.63, 3.8) is 0 Å². The number of hydrogen-bond donors (Lipinski definition) is 0. The zero-order valence-electron chi connectivity index (χ0n) is 23.3. The maximum Gasteiger partial charge on any atom is 0.0366 e. The number of benzene rings is 4. The fourth-order valence-electron chi connectivity index (χ4n) is 4.76. The SMILES string of the molecule is CCN(C)c1ccc(-c2cc(-c3ccc(N(C)CC)cc3)cc(-c3ccc(N(CC)CC)cc3)c2)cc1. The molecule has 0 aliphatic rings. The topological polar surface area (TPSA) is 9.72 Å². The third kappa shape index (κ3) is 5.99. The van der Waals surface area contributed by atoms with E-state index in [1.54, 1.807) is 0 Å². The second-order valence-electron chi connectivity index (χ2n) is 9.64. The van der Waals surface area contributed by atoms with Crippen molar-refractivity contribution in [1.29, 1.82) is 0 Å². The summed E-state index contributed by atoms with van der Waals surface area (Å²) < 4.78 is 0. The van der Waals surface area contributed by atoms with Crippen LogP contribution in [0.25, 0.3) is 33.4 Å². The molecule has 0 saturated heterocycles. The number of nitrogens with zero attached hydrogens (tertiary/aromatic N) is 3.